The summed E-state index contributed by atoms with van der Waals surface area (Å²) in [5.74, 6) is 0. The summed E-state index contributed by atoms with van der Waals surface area (Å²) >= 11 is 0. The smallest absolute Gasteiger partial charge is 0.0895 e. The minimum Gasteiger partial charge on any atom is -0.389 e. The molecular weight excluding hydrogens is 224 g/mol. The number of ether oxygens (including phenoxy) is 2. The largest absolute Gasteiger partial charge is 0.389 e. The first-order valence-corrected chi connectivity index (χ1v) is 5.83. The molecule has 0 aliphatic heterocycles. The molecule has 2 unspecified atom stereocenters. The van der Waals surface area contributed by atoms with Gasteiger partial charge in [-0.1, -0.05) is 13.8 Å². The molecule has 0 saturated heterocycles. The van der Waals surface area contributed by atoms with Crippen molar-refractivity contribution in [3.8, 4) is 0 Å². The Morgan fingerprint density at radius 1 is 0.941 bits per heavy atom. The first kappa shape index (κ1) is 16.8. The highest BCUT2D eigenvalue weighted by Crippen LogP contribution is 2.16. The lowest BCUT2D eigenvalue weighted by Gasteiger charge is -2.25. The first-order chi connectivity index (χ1) is 7.91. The normalized spacial score (nSPS) is 15.9. The summed E-state index contributed by atoms with van der Waals surface area (Å²) in [5, 5.41) is 18.4. The lowest BCUT2D eigenvalue weighted by molar-refractivity contribution is -0.0429. The van der Waals surface area contributed by atoms with Gasteiger partial charge in [-0.3, -0.25) is 0 Å². The Hall–Kier alpha value is -0.240. The van der Waals surface area contributed by atoms with E-state index in [1.165, 1.54) is 0 Å². The highest BCUT2D eigenvalue weighted by atomic mass is 16.5. The van der Waals surface area contributed by atoms with E-state index in [-0.39, 0.29) is 31.7 Å². The SMILES string of the molecule is CC(C)(COCC(O)CN)COCC(O)CN. The summed E-state index contributed by atoms with van der Waals surface area (Å²) < 4.78 is 10.7. The molecule has 6 heteroatoms. The molecule has 2 atom stereocenters. The highest BCUT2D eigenvalue weighted by Gasteiger charge is 2.19. The minimum absolute atomic E-state index is 0.178. The van der Waals surface area contributed by atoms with E-state index in [0.717, 1.165) is 0 Å². The maximum atomic E-state index is 9.21. The fourth-order valence-electron chi connectivity index (χ4n) is 1.12. The number of hydrogen-bond acceptors (Lipinski definition) is 6. The molecule has 0 radical (unpaired) electrons. The van der Waals surface area contributed by atoms with Crippen molar-refractivity contribution in [2.24, 2.45) is 16.9 Å². The standard InChI is InChI=1S/C11H26N2O4/c1-11(2,7-16-5-9(14)3-12)8-17-6-10(15)4-13/h9-10,14-15H,3-8,12-13H2,1-2H3. The van der Waals surface area contributed by atoms with Crippen LogP contribution in [0.3, 0.4) is 0 Å². The van der Waals surface area contributed by atoms with Crippen molar-refractivity contribution in [3.63, 3.8) is 0 Å². The molecule has 0 aliphatic carbocycles. The molecule has 0 aliphatic rings. The van der Waals surface area contributed by atoms with Crippen LogP contribution >= 0.6 is 0 Å². The molecule has 0 bridgehead atoms. The van der Waals surface area contributed by atoms with Crippen LogP contribution in [0.15, 0.2) is 0 Å². The Balaban J connectivity index is 3.65. The molecule has 0 fully saturated rings. The van der Waals surface area contributed by atoms with E-state index in [0.29, 0.717) is 13.2 Å². The van der Waals surface area contributed by atoms with E-state index in [2.05, 4.69) is 0 Å². The summed E-state index contributed by atoms with van der Waals surface area (Å²) in [4.78, 5) is 0. The van der Waals surface area contributed by atoms with Gasteiger partial charge in [0.2, 0.25) is 0 Å². The molecule has 6 N–H and O–H groups in total. The maximum absolute atomic E-state index is 9.21. The van der Waals surface area contributed by atoms with E-state index >= 15 is 0 Å². The Morgan fingerprint density at radius 2 is 1.29 bits per heavy atom. The molecule has 0 heterocycles. The molecule has 17 heavy (non-hydrogen) atoms. The van der Waals surface area contributed by atoms with Gasteiger partial charge in [0.1, 0.15) is 0 Å². The van der Waals surface area contributed by atoms with Gasteiger partial charge in [-0.15, -0.1) is 0 Å². The molecule has 6 nitrogen and oxygen atoms in total. The maximum Gasteiger partial charge on any atom is 0.0895 e. The third-order valence-corrected chi connectivity index (χ3v) is 2.15. The van der Waals surface area contributed by atoms with Gasteiger partial charge in [-0.25, -0.2) is 0 Å². The zero-order valence-corrected chi connectivity index (χ0v) is 10.8. The van der Waals surface area contributed by atoms with Gasteiger partial charge < -0.3 is 31.2 Å². The Labute approximate surface area is 103 Å². The first-order valence-electron chi connectivity index (χ1n) is 5.83. The molecular formula is C11H26N2O4. The van der Waals surface area contributed by atoms with E-state index in [1.807, 2.05) is 13.8 Å². The van der Waals surface area contributed by atoms with E-state index in [9.17, 15) is 10.2 Å². The predicted molar refractivity (Wildman–Crippen MR) is 65.5 cm³/mol. The van der Waals surface area contributed by atoms with Gasteiger partial charge in [0.25, 0.3) is 0 Å². The number of hydrogen-bond donors (Lipinski definition) is 4. The van der Waals surface area contributed by atoms with Gasteiger partial charge in [0, 0.05) is 18.5 Å². The second-order valence-electron chi connectivity index (χ2n) is 4.97. The van der Waals surface area contributed by atoms with Gasteiger partial charge in [-0.2, -0.15) is 0 Å². The van der Waals surface area contributed by atoms with Crippen molar-refractivity contribution in [2.45, 2.75) is 26.1 Å². The van der Waals surface area contributed by atoms with Crippen LogP contribution in [0.1, 0.15) is 13.8 Å². The van der Waals surface area contributed by atoms with Gasteiger partial charge in [0.15, 0.2) is 0 Å². The van der Waals surface area contributed by atoms with Crippen molar-refractivity contribution in [1.29, 1.82) is 0 Å². The molecule has 0 aromatic rings. The van der Waals surface area contributed by atoms with Crippen molar-refractivity contribution < 1.29 is 19.7 Å². The summed E-state index contributed by atoms with van der Waals surface area (Å²) in [6, 6.07) is 0. The molecule has 0 spiro atoms. The Morgan fingerprint density at radius 3 is 1.59 bits per heavy atom. The van der Waals surface area contributed by atoms with Gasteiger partial charge in [-0.05, 0) is 0 Å². The fraction of sp³-hybridized carbons (Fsp3) is 1.00. The van der Waals surface area contributed by atoms with E-state index < -0.39 is 12.2 Å². The van der Waals surface area contributed by atoms with Gasteiger partial charge >= 0.3 is 0 Å². The minimum atomic E-state index is -0.620. The van der Waals surface area contributed by atoms with Crippen molar-refractivity contribution in [1.82, 2.24) is 0 Å². The van der Waals surface area contributed by atoms with E-state index in [4.69, 9.17) is 20.9 Å². The number of nitrogens with two attached hydrogens (primary N) is 2. The van der Waals surface area contributed by atoms with E-state index in [1.54, 1.807) is 0 Å². The lowest BCUT2D eigenvalue weighted by Crippen LogP contribution is -2.32. The van der Waals surface area contributed by atoms with Gasteiger partial charge in [0.05, 0.1) is 38.6 Å². The van der Waals surface area contributed by atoms with Crippen LogP contribution < -0.4 is 11.5 Å². The third kappa shape index (κ3) is 9.46. The van der Waals surface area contributed by atoms with Crippen molar-refractivity contribution >= 4 is 0 Å². The zero-order chi connectivity index (χ0) is 13.3. The topological polar surface area (TPSA) is 111 Å². The highest BCUT2D eigenvalue weighted by molar-refractivity contribution is 4.68. The molecule has 0 rings (SSSR count). The zero-order valence-electron chi connectivity index (χ0n) is 10.8. The monoisotopic (exact) mass is 250 g/mol. The fourth-order valence-corrected chi connectivity index (χ4v) is 1.12. The molecule has 0 saturated carbocycles. The second kappa shape index (κ2) is 8.79. The van der Waals surface area contributed by atoms with Crippen LogP contribution in [0.2, 0.25) is 0 Å². The molecule has 0 aromatic heterocycles. The molecule has 104 valence electrons. The predicted octanol–water partition coefficient (Wildman–Crippen LogP) is -1.31. The van der Waals surface area contributed by atoms with Crippen molar-refractivity contribution in [2.75, 3.05) is 39.5 Å². The average molecular weight is 250 g/mol. The van der Waals surface area contributed by atoms with Crippen LogP contribution in [0.5, 0.6) is 0 Å². The van der Waals surface area contributed by atoms with Crippen LogP contribution in [-0.4, -0.2) is 61.9 Å². The molecule has 0 amide bonds. The van der Waals surface area contributed by atoms with Crippen LogP contribution in [0.4, 0.5) is 0 Å². The molecule has 0 aromatic carbocycles. The summed E-state index contributed by atoms with van der Waals surface area (Å²) in [5.41, 5.74) is 10.3. The summed E-state index contributed by atoms with van der Waals surface area (Å²) in [7, 11) is 0. The number of aliphatic hydroxyl groups excluding tert-OH is 2. The lowest BCUT2D eigenvalue weighted by atomic mass is 9.96. The Bertz CT molecular complexity index is 172. The second-order valence-corrected chi connectivity index (χ2v) is 4.97. The Kier molecular flexibility index (Phi) is 8.67. The number of aliphatic hydroxyl groups is 2. The third-order valence-electron chi connectivity index (χ3n) is 2.15. The quantitative estimate of drug-likeness (QED) is 0.383. The van der Waals surface area contributed by atoms with Crippen LogP contribution in [-0.2, 0) is 9.47 Å². The summed E-state index contributed by atoms with van der Waals surface area (Å²) in [6.45, 7) is 5.73. The average Bonchev–Trinajstić information content (AvgIpc) is 2.27. The van der Waals surface area contributed by atoms with Crippen molar-refractivity contribution in [3.05, 3.63) is 0 Å². The summed E-state index contributed by atoms with van der Waals surface area (Å²) in [6.07, 6.45) is -1.24. The van der Waals surface area contributed by atoms with Crippen LogP contribution in [0, 0.1) is 5.41 Å². The number of rotatable bonds is 10. The van der Waals surface area contributed by atoms with Crippen LogP contribution in [0.25, 0.3) is 0 Å².